The summed E-state index contributed by atoms with van der Waals surface area (Å²) in [6.07, 6.45) is 3.10. The van der Waals surface area contributed by atoms with E-state index in [0.717, 1.165) is 29.7 Å². The zero-order valence-electron chi connectivity index (χ0n) is 21.4. The molecule has 0 saturated heterocycles. The average molecular weight is 502 g/mol. The molecule has 0 aliphatic heterocycles. The largest absolute Gasteiger partial charge is 0.494 e. The molecule has 0 fully saturated rings. The van der Waals surface area contributed by atoms with Gasteiger partial charge in [0, 0.05) is 37.8 Å². The van der Waals surface area contributed by atoms with Crippen molar-refractivity contribution < 1.29 is 9.53 Å². The molecule has 0 unspecified atom stereocenters. The van der Waals surface area contributed by atoms with E-state index in [1.54, 1.807) is 13.2 Å². The van der Waals surface area contributed by atoms with Crippen molar-refractivity contribution in [2.24, 2.45) is 0 Å². The maximum absolute atomic E-state index is 12.2. The number of amides is 1. The van der Waals surface area contributed by atoms with Crippen LogP contribution in [-0.2, 0) is 4.79 Å². The van der Waals surface area contributed by atoms with Gasteiger partial charge in [-0.1, -0.05) is 24.8 Å². The van der Waals surface area contributed by atoms with Gasteiger partial charge in [-0.2, -0.15) is 15.0 Å². The Balaban J connectivity index is 1.73. The van der Waals surface area contributed by atoms with Gasteiger partial charge in [0.2, 0.25) is 23.8 Å². The molecule has 0 saturated carbocycles. The number of ether oxygens (including phenoxy) is 1. The topological polar surface area (TPSA) is 126 Å². The smallest absolute Gasteiger partial charge is 0.247 e. The van der Waals surface area contributed by atoms with E-state index in [9.17, 15) is 4.79 Å². The van der Waals surface area contributed by atoms with Crippen LogP contribution in [0.3, 0.4) is 0 Å². The molecular formula is C26H31N9O2. The minimum Gasteiger partial charge on any atom is -0.494 e. The number of hydrogen-bond donors (Lipinski definition) is 3. The van der Waals surface area contributed by atoms with Crippen molar-refractivity contribution >= 4 is 45.8 Å². The van der Waals surface area contributed by atoms with Gasteiger partial charge >= 0.3 is 0 Å². The molecule has 37 heavy (non-hydrogen) atoms. The Hall–Kier alpha value is -4.64. The molecule has 2 aromatic heterocycles. The first kappa shape index (κ1) is 25.5. The summed E-state index contributed by atoms with van der Waals surface area (Å²) in [5.41, 5.74) is 8.89. The van der Waals surface area contributed by atoms with Crippen LogP contribution in [0.25, 0.3) is 16.9 Å². The number of fused-ring (bicyclic) bond motifs is 1. The Morgan fingerprint density at radius 2 is 1.89 bits per heavy atom. The Morgan fingerprint density at radius 1 is 1.11 bits per heavy atom. The van der Waals surface area contributed by atoms with Gasteiger partial charge in [0.05, 0.1) is 29.7 Å². The summed E-state index contributed by atoms with van der Waals surface area (Å²) in [5, 5.41) is 7.11. The Labute approximate surface area is 215 Å². The molecule has 192 valence electrons. The fourth-order valence-electron chi connectivity index (χ4n) is 3.83. The summed E-state index contributed by atoms with van der Waals surface area (Å²) in [6, 6.07) is 13.5. The van der Waals surface area contributed by atoms with Crippen LogP contribution in [0.5, 0.6) is 5.75 Å². The number of hydrogen-bond acceptors (Lipinski definition) is 9. The van der Waals surface area contributed by atoms with E-state index in [0.29, 0.717) is 23.1 Å². The maximum Gasteiger partial charge on any atom is 0.247 e. The van der Waals surface area contributed by atoms with Crippen LogP contribution in [0.4, 0.5) is 29.0 Å². The normalized spacial score (nSPS) is 10.9. The quantitative estimate of drug-likeness (QED) is 0.281. The number of aromatic nitrogens is 4. The van der Waals surface area contributed by atoms with Crippen molar-refractivity contribution in [2.75, 3.05) is 62.6 Å². The standard InChI is InChI=1S/C26H31N9O2/c1-6-23(36)28-18-15-19(22(37-5)16-21(18)34(4)14-13-33(2)3)29-25-30-24(27)31-26(32-25)35-12-11-17-9-7-8-10-20(17)35/h6-12,15-16H,1,13-14H2,2-5H3,(H,28,36)(H3,27,29,30,31,32). The molecule has 4 rings (SSSR count). The van der Waals surface area contributed by atoms with Gasteiger partial charge in [0.25, 0.3) is 0 Å². The van der Waals surface area contributed by atoms with Crippen LogP contribution in [0.2, 0.25) is 0 Å². The van der Waals surface area contributed by atoms with Crippen molar-refractivity contribution in [1.29, 1.82) is 0 Å². The molecule has 0 aliphatic carbocycles. The van der Waals surface area contributed by atoms with Gasteiger partial charge < -0.3 is 30.9 Å². The van der Waals surface area contributed by atoms with Crippen molar-refractivity contribution in [3.05, 3.63) is 61.3 Å². The highest BCUT2D eigenvalue weighted by molar-refractivity contribution is 6.02. The third kappa shape index (κ3) is 5.78. The predicted octanol–water partition coefficient (Wildman–Crippen LogP) is 3.27. The summed E-state index contributed by atoms with van der Waals surface area (Å²) in [5.74, 6) is 0.868. The third-order valence-corrected chi connectivity index (χ3v) is 5.76. The number of nitrogens with one attached hydrogen (secondary N) is 2. The first-order valence-electron chi connectivity index (χ1n) is 11.7. The fourth-order valence-corrected chi connectivity index (χ4v) is 3.83. The molecule has 0 bridgehead atoms. The number of methoxy groups -OCH3 is 1. The predicted molar refractivity (Wildman–Crippen MR) is 148 cm³/mol. The molecule has 11 heteroatoms. The number of benzene rings is 2. The van der Waals surface area contributed by atoms with E-state index in [-0.39, 0.29) is 17.8 Å². The third-order valence-electron chi connectivity index (χ3n) is 5.76. The van der Waals surface area contributed by atoms with Crippen LogP contribution in [0.1, 0.15) is 0 Å². The van der Waals surface area contributed by atoms with Crippen LogP contribution in [0.15, 0.2) is 61.3 Å². The van der Waals surface area contributed by atoms with Gasteiger partial charge in [-0.25, -0.2) is 0 Å². The van der Waals surface area contributed by atoms with Crippen molar-refractivity contribution in [1.82, 2.24) is 24.4 Å². The second-order valence-electron chi connectivity index (χ2n) is 8.67. The van der Waals surface area contributed by atoms with E-state index in [1.165, 1.54) is 6.08 Å². The summed E-state index contributed by atoms with van der Waals surface area (Å²) >= 11 is 0. The van der Waals surface area contributed by atoms with Gasteiger partial charge in [-0.15, -0.1) is 0 Å². The number of para-hydroxylation sites is 1. The van der Waals surface area contributed by atoms with Gasteiger partial charge in [-0.05, 0) is 38.4 Å². The lowest BCUT2D eigenvalue weighted by Crippen LogP contribution is -2.29. The number of anilines is 5. The lowest BCUT2D eigenvalue weighted by Gasteiger charge is -2.26. The van der Waals surface area contributed by atoms with Crippen LogP contribution in [-0.4, -0.2) is 71.7 Å². The zero-order chi connectivity index (χ0) is 26.5. The molecule has 0 atom stereocenters. The number of rotatable bonds is 10. The number of nitrogens with two attached hydrogens (primary N) is 1. The van der Waals surface area contributed by atoms with E-state index >= 15 is 0 Å². The molecule has 2 heterocycles. The fraction of sp³-hybridized carbons (Fsp3) is 0.231. The highest BCUT2D eigenvalue weighted by Gasteiger charge is 2.17. The SMILES string of the molecule is C=CC(=O)Nc1cc(Nc2nc(N)nc(-n3ccc4ccccc43)n2)c(OC)cc1N(C)CCN(C)C. The molecule has 2 aromatic carbocycles. The van der Waals surface area contributed by atoms with E-state index in [4.69, 9.17) is 10.5 Å². The van der Waals surface area contributed by atoms with E-state index < -0.39 is 0 Å². The molecule has 1 amide bonds. The molecular weight excluding hydrogens is 470 g/mol. The van der Waals surface area contributed by atoms with Gasteiger partial charge in [0.15, 0.2) is 0 Å². The second-order valence-corrected chi connectivity index (χ2v) is 8.67. The summed E-state index contributed by atoms with van der Waals surface area (Å²) < 4.78 is 7.51. The highest BCUT2D eigenvalue weighted by atomic mass is 16.5. The van der Waals surface area contributed by atoms with Gasteiger partial charge in [0.1, 0.15) is 5.75 Å². The average Bonchev–Trinajstić information content (AvgIpc) is 3.31. The number of carbonyl (C=O) groups excluding carboxylic acids is 1. The highest BCUT2D eigenvalue weighted by Crippen LogP contribution is 2.38. The Morgan fingerprint density at radius 3 is 2.62 bits per heavy atom. The molecule has 0 aliphatic rings. The van der Waals surface area contributed by atoms with Crippen LogP contribution >= 0.6 is 0 Å². The van der Waals surface area contributed by atoms with Crippen LogP contribution < -0.4 is 26.0 Å². The van der Waals surface area contributed by atoms with E-state index in [1.807, 2.05) is 73.2 Å². The van der Waals surface area contributed by atoms with Crippen molar-refractivity contribution in [2.45, 2.75) is 0 Å². The number of nitrogen functional groups attached to an aromatic ring is 1. The second kappa shape index (κ2) is 11.0. The maximum atomic E-state index is 12.2. The minimum absolute atomic E-state index is 0.0597. The summed E-state index contributed by atoms with van der Waals surface area (Å²) in [4.78, 5) is 29.5. The molecule has 0 spiro atoms. The first-order chi connectivity index (χ1) is 17.8. The lowest BCUT2D eigenvalue weighted by molar-refractivity contribution is -0.111. The zero-order valence-corrected chi connectivity index (χ0v) is 21.4. The number of carbonyl (C=O) groups is 1. The minimum atomic E-state index is -0.329. The van der Waals surface area contributed by atoms with Crippen molar-refractivity contribution in [3.63, 3.8) is 0 Å². The Bertz CT molecular complexity index is 1430. The lowest BCUT2D eigenvalue weighted by atomic mass is 10.2. The van der Waals surface area contributed by atoms with Gasteiger partial charge in [-0.3, -0.25) is 9.36 Å². The molecule has 11 nitrogen and oxygen atoms in total. The van der Waals surface area contributed by atoms with Crippen molar-refractivity contribution in [3.8, 4) is 11.7 Å². The van der Waals surface area contributed by atoms with E-state index in [2.05, 4.69) is 37.1 Å². The summed E-state index contributed by atoms with van der Waals surface area (Å²) in [6.45, 7) is 5.13. The number of nitrogens with zero attached hydrogens (tertiary/aromatic N) is 6. The van der Waals surface area contributed by atoms with Crippen LogP contribution in [0, 0.1) is 0 Å². The molecule has 0 radical (unpaired) electrons. The monoisotopic (exact) mass is 501 g/mol. The first-order valence-corrected chi connectivity index (χ1v) is 11.7. The molecule has 4 aromatic rings. The molecule has 4 N–H and O–H groups in total. The Kier molecular flexibility index (Phi) is 7.54. The summed E-state index contributed by atoms with van der Waals surface area (Å²) in [7, 11) is 7.54. The number of likely N-dealkylation sites (N-methyl/N-ethyl adjacent to an activating group) is 2.